The van der Waals surface area contributed by atoms with Gasteiger partial charge in [-0.05, 0) is 36.4 Å². The second-order valence-corrected chi connectivity index (χ2v) is 7.79. The lowest BCUT2D eigenvalue weighted by Crippen LogP contribution is -2.36. The van der Waals surface area contributed by atoms with Gasteiger partial charge in [0.15, 0.2) is 5.84 Å². The third-order valence-electron chi connectivity index (χ3n) is 5.86. The number of nitrogens with one attached hydrogen (secondary N) is 1. The monoisotopic (exact) mass is 401 g/mol. The van der Waals surface area contributed by atoms with Crippen LogP contribution < -0.4 is 0 Å². The highest BCUT2D eigenvalue weighted by molar-refractivity contribution is 6.09. The van der Waals surface area contributed by atoms with Crippen molar-refractivity contribution in [3.05, 3.63) is 71.9 Å². The van der Waals surface area contributed by atoms with Gasteiger partial charge in [0.1, 0.15) is 0 Å². The molecule has 0 aliphatic carbocycles. The molecule has 5 nitrogen and oxygen atoms in total. The van der Waals surface area contributed by atoms with Crippen molar-refractivity contribution in [1.29, 1.82) is 0 Å². The molecule has 5 heteroatoms. The van der Waals surface area contributed by atoms with Crippen LogP contribution in [-0.4, -0.2) is 29.6 Å². The Labute approximate surface area is 176 Å². The standard InChI is InChI=1S/C25H27N3O2/c1-4-8-20(25(29)30-3)22-16(2)27-24(18-9-6-5-7-10-18)28-23(22)19-12-11-17-13-14-26-21(17)15-19/h5-7,9-15,20,22-23,26H,4,8H2,1-3H3. The van der Waals surface area contributed by atoms with Gasteiger partial charge in [-0.25, -0.2) is 4.99 Å². The minimum absolute atomic E-state index is 0.141. The van der Waals surface area contributed by atoms with Gasteiger partial charge in [0, 0.05) is 28.9 Å². The summed E-state index contributed by atoms with van der Waals surface area (Å²) in [6, 6.07) is 18.2. The molecule has 3 atom stereocenters. The van der Waals surface area contributed by atoms with Crippen molar-refractivity contribution in [2.45, 2.75) is 32.7 Å². The molecule has 0 saturated carbocycles. The molecule has 1 aliphatic heterocycles. The predicted molar refractivity (Wildman–Crippen MR) is 121 cm³/mol. The highest BCUT2D eigenvalue weighted by Crippen LogP contribution is 2.39. The first-order chi connectivity index (χ1) is 14.6. The second kappa shape index (κ2) is 8.66. The number of carbonyl (C=O) groups excluding carboxylic acids is 1. The number of aromatic nitrogens is 1. The van der Waals surface area contributed by atoms with Gasteiger partial charge in [0.05, 0.1) is 19.1 Å². The average molecular weight is 402 g/mol. The third kappa shape index (κ3) is 3.80. The molecule has 0 saturated heterocycles. The Balaban J connectivity index is 1.84. The first kappa shape index (κ1) is 20.1. The number of hydrogen-bond donors (Lipinski definition) is 1. The van der Waals surface area contributed by atoms with Crippen molar-refractivity contribution >= 4 is 28.4 Å². The summed E-state index contributed by atoms with van der Waals surface area (Å²) in [6.45, 7) is 4.10. The van der Waals surface area contributed by atoms with Crippen molar-refractivity contribution in [2.24, 2.45) is 21.8 Å². The number of methoxy groups -OCH3 is 1. The number of aliphatic imine (C=N–C) groups is 2. The topological polar surface area (TPSA) is 66.8 Å². The van der Waals surface area contributed by atoms with Crippen LogP contribution in [0.25, 0.3) is 10.9 Å². The lowest BCUT2D eigenvalue weighted by molar-refractivity contribution is -0.147. The summed E-state index contributed by atoms with van der Waals surface area (Å²) in [5, 5.41) is 1.15. The molecule has 2 aromatic carbocycles. The van der Waals surface area contributed by atoms with Crippen LogP contribution >= 0.6 is 0 Å². The van der Waals surface area contributed by atoms with E-state index in [1.54, 1.807) is 0 Å². The number of H-pyrrole nitrogens is 1. The molecule has 154 valence electrons. The molecule has 1 N–H and O–H groups in total. The maximum atomic E-state index is 12.7. The number of carbonyl (C=O) groups is 1. The fourth-order valence-corrected chi connectivity index (χ4v) is 4.39. The molecule has 2 heterocycles. The first-order valence-electron chi connectivity index (χ1n) is 10.5. The maximum Gasteiger partial charge on any atom is 0.309 e. The van der Waals surface area contributed by atoms with Crippen molar-refractivity contribution < 1.29 is 9.53 Å². The van der Waals surface area contributed by atoms with Crippen LogP contribution in [0.1, 0.15) is 43.9 Å². The van der Waals surface area contributed by atoms with Crippen LogP contribution in [-0.2, 0) is 9.53 Å². The summed E-state index contributed by atoms with van der Waals surface area (Å²) in [5.41, 5.74) is 4.03. The molecule has 0 fully saturated rings. The largest absolute Gasteiger partial charge is 0.469 e. The molecule has 0 spiro atoms. The zero-order chi connectivity index (χ0) is 21.1. The number of fused-ring (bicyclic) bond motifs is 1. The van der Waals surface area contributed by atoms with Gasteiger partial charge in [0.25, 0.3) is 0 Å². The summed E-state index contributed by atoms with van der Waals surface area (Å²) in [6.07, 6.45) is 3.56. The first-order valence-corrected chi connectivity index (χ1v) is 10.5. The van der Waals surface area contributed by atoms with E-state index in [1.807, 2.05) is 43.5 Å². The lowest BCUT2D eigenvalue weighted by Gasteiger charge is -2.33. The van der Waals surface area contributed by atoms with E-state index in [0.29, 0.717) is 5.84 Å². The van der Waals surface area contributed by atoms with Gasteiger partial charge >= 0.3 is 5.97 Å². The summed E-state index contributed by atoms with van der Waals surface area (Å²) < 4.78 is 5.17. The average Bonchev–Trinajstić information content (AvgIpc) is 3.25. The van der Waals surface area contributed by atoms with Gasteiger partial charge in [-0.2, -0.15) is 0 Å². The Kier molecular flexibility index (Phi) is 5.79. The second-order valence-electron chi connectivity index (χ2n) is 7.79. The molecule has 3 unspecified atom stereocenters. The summed E-state index contributed by atoms with van der Waals surface area (Å²) in [5.74, 6) is 0.0909. The molecule has 0 amide bonds. The van der Waals surface area contributed by atoms with Gasteiger partial charge in [-0.3, -0.25) is 9.79 Å². The number of nitrogens with zero attached hydrogens (tertiary/aromatic N) is 2. The molecule has 1 aliphatic rings. The molecule has 4 rings (SSSR count). The van der Waals surface area contributed by atoms with E-state index in [-0.39, 0.29) is 23.8 Å². The number of rotatable bonds is 6. The molecular formula is C25H27N3O2. The number of ether oxygens (including phenoxy) is 1. The van der Waals surface area contributed by atoms with Crippen molar-refractivity contribution in [3.8, 4) is 0 Å². The minimum Gasteiger partial charge on any atom is -0.469 e. The number of hydrogen-bond acceptors (Lipinski definition) is 4. The van der Waals surface area contributed by atoms with Crippen LogP contribution in [0.3, 0.4) is 0 Å². The van der Waals surface area contributed by atoms with E-state index >= 15 is 0 Å². The highest BCUT2D eigenvalue weighted by atomic mass is 16.5. The third-order valence-corrected chi connectivity index (χ3v) is 5.86. The Morgan fingerprint density at radius 1 is 1.17 bits per heavy atom. The van der Waals surface area contributed by atoms with Crippen molar-refractivity contribution in [2.75, 3.05) is 7.11 Å². The number of amidine groups is 1. The summed E-state index contributed by atoms with van der Waals surface area (Å²) in [4.78, 5) is 25.9. The van der Waals surface area contributed by atoms with Crippen LogP contribution in [0, 0.1) is 11.8 Å². The fourth-order valence-electron chi connectivity index (χ4n) is 4.39. The zero-order valence-corrected chi connectivity index (χ0v) is 17.6. The normalized spacial score (nSPS) is 19.8. The molecule has 1 aromatic heterocycles. The molecule has 0 radical (unpaired) electrons. The van der Waals surface area contributed by atoms with Crippen LogP contribution in [0.2, 0.25) is 0 Å². The molecule has 0 bridgehead atoms. The van der Waals surface area contributed by atoms with Crippen LogP contribution in [0.4, 0.5) is 0 Å². The zero-order valence-electron chi connectivity index (χ0n) is 17.6. The van der Waals surface area contributed by atoms with E-state index in [4.69, 9.17) is 14.7 Å². The van der Waals surface area contributed by atoms with E-state index in [1.165, 1.54) is 7.11 Å². The SMILES string of the molecule is CCCC(C(=O)OC)C1C(C)=NC(c2ccccc2)=NC1c1ccc2cc[nH]c2c1. The highest BCUT2D eigenvalue weighted by Gasteiger charge is 2.39. The molecule has 3 aromatic rings. The van der Waals surface area contributed by atoms with Gasteiger partial charge < -0.3 is 9.72 Å². The predicted octanol–water partition coefficient (Wildman–Crippen LogP) is 5.34. The van der Waals surface area contributed by atoms with E-state index in [9.17, 15) is 4.79 Å². The van der Waals surface area contributed by atoms with Crippen molar-refractivity contribution in [3.63, 3.8) is 0 Å². The van der Waals surface area contributed by atoms with E-state index < -0.39 is 0 Å². The van der Waals surface area contributed by atoms with Crippen LogP contribution in [0.15, 0.2) is 70.8 Å². The minimum atomic E-state index is -0.283. The van der Waals surface area contributed by atoms with Gasteiger partial charge in [-0.15, -0.1) is 0 Å². The van der Waals surface area contributed by atoms with Crippen molar-refractivity contribution in [1.82, 2.24) is 4.98 Å². The fraction of sp³-hybridized carbons (Fsp3) is 0.320. The molecule has 30 heavy (non-hydrogen) atoms. The van der Waals surface area contributed by atoms with E-state index in [2.05, 4.69) is 36.2 Å². The Bertz CT molecular complexity index is 1100. The quantitative estimate of drug-likeness (QED) is 0.567. The number of aromatic amines is 1. The lowest BCUT2D eigenvalue weighted by atomic mass is 9.77. The Hall–Kier alpha value is -3.21. The summed E-state index contributed by atoms with van der Waals surface area (Å²) in [7, 11) is 1.46. The van der Waals surface area contributed by atoms with Gasteiger partial charge in [-0.1, -0.05) is 55.8 Å². The summed E-state index contributed by atoms with van der Waals surface area (Å²) >= 11 is 0. The van der Waals surface area contributed by atoms with Gasteiger partial charge in [0.2, 0.25) is 0 Å². The molecular weight excluding hydrogens is 374 g/mol. The van der Waals surface area contributed by atoms with Crippen LogP contribution in [0.5, 0.6) is 0 Å². The Morgan fingerprint density at radius 2 is 1.97 bits per heavy atom. The maximum absolute atomic E-state index is 12.7. The van der Waals surface area contributed by atoms with E-state index in [0.717, 1.165) is 40.6 Å². The number of esters is 1. The number of benzene rings is 2. The Morgan fingerprint density at radius 3 is 2.70 bits per heavy atom. The smallest absolute Gasteiger partial charge is 0.309 e.